The van der Waals surface area contributed by atoms with Gasteiger partial charge in [0.15, 0.2) is 0 Å². The highest BCUT2D eigenvalue weighted by molar-refractivity contribution is 7.53. The minimum Gasteiger partial charge on any atom is -0.368 e. The van der Waals surface area contributed by atoms with Gasteiger partial charge in [-0.1, -0.05) is 72.8 Å². The minimum absolute atomic E-state index is 0.102. The van der Waals surface area contributed by atoms with Gasteiger partial charge in [-0.25, -0.2) is 0 Å². The number of carbonyl (C=O) groups is 2. The summed E-state index contributed by atoms with van der Waals surface area (Å²) in [4.78, 5) is 25.6. The smallest absolute Gasteiger partial charge is 0.335 e. The topological polar surface area (TPSA) is 108 Å². The Hall–Kier alpha value is -3.25. The Kier molecular flexibility index (Phi) is 9.38. The van der Waals surface area contributed by atoms with E-state index in [0.29, 0.717) is 11.1 Å². The minimum atomic E-state index is -3.26. The molecule has 3 N–H and O–H groups in total. The summed E-state index contributed by atoms with van der Waals surface area (Å²) in [6.07, 6.45) is 0.102. The molecule has 8 heteroatoms. The normalized spacial score (nSPS) is 12.3. The molecule has 0 aromatic heterocycles. The summed E-state index contributed by atoms with van der Waals surface area (Å²) in [7, 11) is -3.26. The summed E-state index contributed by atoms with van der Waals surface area (Å²) in [5.74, 6) is -1.53. The van der Waals surface area contributed by atoms with Crippen molar-refractivity contribution in [3.8, 4) is 0 Å². The zero-order valence-electron chi connectivity index (χ0n) is 19.9. The monoisotopic (exact) mass is 494 g/mol. The third kappa shape index (κ3) is 7.12. The summed E-state index contributed by atoms with van der Waals surface area (Å²) in [6.45, 7) is 4.06. The Morgan fingerprint density at radius 1 is 0.829 bits per heavy atom. The first kappa shape index (κ1) is 26.4. The van der Waals surface area contributed by atoms with E-state index in [1.807, 2.05) is 60.7 Å². The molecule has 2 amide bonds. The molecule has 184 valence electrons. The van der Waals surface area contributed by atoms with Crippen LogP contribution in [0.2, 0.25) is 0 Å². The average Bonchev–Trinajstić information content (AvgIpc) is 2.85. The average molecular weight is 495 g/mol. The molecule has 7 nitrogen and oxygen atoms in total. The highest BCUT2D eigenvalue weighted by atomic mass is 31.2. The lowest BCUT2D eigenvalue weighted by molar-refractivity contribution is -0.120. The van der Waals surface area contributed by atoms with Crippen molar-refractivity contribution in [3.63, 3.8) is 0 Å². The molecule has 35 heavy (non-hydrogen) atoms. The Balaban J connectivity index is 1.83. The van der Waals surface area contributed by atoms with Crippen molar-refractivity contribution >= 4 is 19.4 Å². The number of hydrogen-bond acceptors (Lipinski definition) is 5. The van der Waals surface area contributed by atoms with Gasteiger partial charge in [-0.15, -0.1) is 0 Å². The van der Waals surface area contributed by atoms with Crippen LogP contribution in [0.3, 0.4) is 0 Å². The predicted octanol–water partition coefficient (Wildman–Crippen LogP) is 4.87. The number of primary amides is 1. The molecule has 0 saturated carbocycles. The molecule has 0 aliphatic rings. The number of benzene rings is 3. The third-order valence-electron chi connectivity index (χ3n) is 5.49. The molecule has 3 aromatic carbocycles. The van der Waals surface area contributed by atoms with Crippen LogP contribution in [0.1, 0.15) is 46.8 Å². The first-order valence-corrected chi connectivity index (χ1v) is 13.3. The number of nitrogens with one attached hydrogen (secondary N) is 1. The maximum atomic E-state index is 13.1. The highest BCUT2D eigenvalue weighted by Crippen LogP contribution is 2.51. The Labute approximate surface area is 206 Å². The van der Waals surface area contributed by atoms with Gasteiger partial charge < -0.3 is 20.1 Å². The fourth-order valence-corrected chi connectivity index (χ4v) is 5.65. The molecule has 0 saturated heterocycles. The first-order valence-electron chi connectivity index (χ1n) is 11.5. The highest BCUT2D eigenvalue weighted by Gasteiger charge is 2.31. The molecule has 0 spiro atoms. The van der Waals surface area contributed by atoms with Crippen LogP contribution in [0.25, 0.3) is 0 Å². The van der Waals surface area contributed by atoms with E-state index in [0.717, 1.165) is 11.1 Å². The van der Waals surface area contributed by atoms with Gasteiger partial charge in [0.05, 0.1) is 19.4 Å². The van der Waals surface area contributed by atoms with Crippen molar-refractivity contribution in [2.45, 2.75) is 32.0 Å². The largest absolute Gasteiger partial charge is 0.368 e. The summed E-state index contributed by atoms with van der Waals surface area (Å²) < 4.78 is 23.5. The zero-order chi connectivity index (χ0) is 25.3. The van der Waals surface area contributed by atoms with Gasteiger partial charge in [-0.05, 0) is 42.7 Å². The van der Waals surface area contributed by atoms with Crippen molar-refractivity contribution in [1.82, 2.24) is 5.32 Å². The Bertz CT molecular complexity index is 1100. The van der Waals surface area contributed by atoms with Crippen LogP contribution in [0.4, 0.5) is 0 Å². The van der Waals surface area contributed by atoms with Gasteiger partial charge >= 0.3 is 7.60 Å². The van der Waals surface area contributed by atoms with Crippen molar-refractivity contribution < 1.29 is 23.2 Å². The molecule has 0 radical (unpaired) electrons. The summed E-state index contributed by atoms with van der Waals surface area (Å²) in [5, 5.41) is 2.82. The number of amides is 2. The van der Waals surface area contributed by atoms with Crippen molar-refractivity contribution in [2.75, 3.05) is 13.2 Å². The van der Waals surface area contributed by atoms with Gasteiger partial charge in [0.1, 0.15) is 6.04 Å². The molecule has 0 aliphatic heterocycles. The van der Waals surface area contributed by atoms with Crippen molar-refractivity contribution in [2.24, 2.45) is 5.73 Å². The second-order valence-electron chi connectivity index (χ2n) is 7.95. The summed E-state index contributed by atoms with van der Waals surface area (Å²) in [5.41, 5.74) is 8.56. The van der Waals surface area contributed by atoms with Crippen LogP contribution in [0, 0.1) is 0 Å². The maximum Gasteiger partial charge on any atom is 0.335 e. The lowest BCUT2D eigenvalue weighted by Crippen LogP contribution is -2.48. The van der Waals surface area contributed by atoms with E-state index in [2.05, 4.69) is 5.32 Å². The number of hydrogen-bond donors (Lipinski definition) is 2. The number of carbonyl (C=O) groups excluding carboxylic acids is 2. The maximum absolute atomic E-state index is 13.1. The molecule has 0 aliphatic carbocycles. The van der Waals surface area contributed by atoms with Gasteiger partial charge in [-0.2, -0.15) is 0 Å². The second-order valence-corrected chi connectivity index (χ2v) is 10.0. The Morgan fingerprint density at radius 3 is 1.74 bits per heavy atom. The van der Waals surface area contributed by atoms with E-state index in [1.165, 1.54) is 0 Å². The van der Waals surface area contributed by atoms with Gasteiger partial charge in [-0.3, -0.25) is 14.2 Å². The lowest BCUT2D eigenvalue weighted by atomic mass is 9.84. The molecular formula is C27H31N2O5P. The molecule has 3 rings (SSSR count). The van der Waals surface area contributed by atoms with Crippen LogP contribution >= 0.6 is 7.60 Å². The van der Waals surface area contributed by atoms with E-state index in [9.17, 15) is 14.2 Å². The zero-order valence-corrected chi connectivity index (χ0v) is 20.8. The van der Waals surface area contributed by atoms with E-state index >= 15 is 0 Å². The molecule has 0 unspecified atom stereocenters. The number of nitrogens with two attached hydrogens (primary N) is 1. The van der Waals surface area contributed by atoms with E-state index in [1.54, 1.807) is 38.1 Å². The molecule has 0 bridgehead atoms. The lowest BCUT2D eigenvalue weighted by Gasteiger charge is -2.27. The van der Waals surface area contributed by atoms with Crippen LogP contribution in [0.5, 0.6) is 0 Å². The van der Waals surface area contributed by atoms with Crippen molar-refractivity contribution in [3.05, 3.63) is 107 Å². The fourth-order valence-electron chi connectivity index (χ4n) is 3.95. The molecule has 1 atom stereocenters. The first-order chi connectivity index (χ1) is 16.9. The van der Waals surface area contributed by atoms with Crippen LogP contribution in [-0.4, -0.2) is 31.1 Å². The van der Waals surface area contributed by atoms with Crippen LogP contribution in [0.15, 0.2) is 84.9 Å². The Morgan fingerprint density at radius 2 is 1.31 bits per heavy atom. The van der Waals surface area contributed by atoms with E-state index in [4.69, 9.17) is 14.8 Å². The molecular weight excluding hydrogens is 463 g/mol. The van der Waals surface area contributed by atoms with Gasteiger partial charge in [0.2, 0.25) is 5.91 Å². The quantitative estimate of drug-likeness (QED) is 0.349. The summed E-state index contributed by atoms with van der Waals surface area (Å²) >= 11 is 0. The molecule has 0 fully saturated rings. The van der Waals surface area contributed by atoms with Crippen LogP contribution < -0.4 is 11.1 Å². The molecule has 3 aromatic rings. The fraction of sp³-hybridized carbons (Fsp3) is 0.259. The van der Waals surface area contributed by atoms with E-state index in [-0.39, 0.29) is 19.4 Å². The number of rotatable bonds is 12. The predicted molar refractivity (Wildman–Crippen MR) is 136 cm³/mol. The van der Waals surface area contributed by atoms with Crippen LogP contribution in [-0.2, 0) is 24.6 Å². The molecule has 0 heterocycles. The van der Waals surface area contributed by atoms with Gasteiger partial charge in [0, 0.05) is 11.5 Å². The standard InChI is InChI=1S/C27H31N2O5P/c1-3-33-35(32,34-4-2)19-20-15-17-23(18-16-20)27(31)29-25(26(28)30)24(21-11-7-5-8-12-21)22-13-9-6-10-14-22/h5-18,24-25H,3-4,19H2,1-2H3,(H2,28,30)(H,29,31)/t25-/m0/s1. The summed E-state index contributed by atoms with van der Waals surface area (Å²) in [6, 6.07) is 24.6. The second kappa shape index (κ2) is 12.5. The third-order valence-corrected chi connectivity index (χ3v) is 7.54. The van der Waals surface area contributed by atoms with Crippen molar-refractivity contribution in [1.29, 1.82) is 0 Å². The SMILES string of the molecule is CCOP(=O)(Cc1ccc(C(=O)N[C@H](C(N)=O)C(c2ccccc2)c2ccccc2)cc1)OCC. The van der Waals surface area contributed by atoms with Gasteiger partial charge in [0.25, 0.3) is 5.91 Å². The van der Waals surface area contributed by atoms with E-state index < -0.39 is 31.4 Å².